The average Bonchev–Trinajstić information content (AvgIpc) is 3.46. The highest BCUT2D eigenvalue weighted by molar-refractivity contribution is 6.00. The number of likely N-dealkylation sites (N-methyl/N-ethyl adjacent to an activating group) is 1. The molecule has 0 bridgehead atoms. The third kappa shape index (κ3) is 9.54. The van der Waals surface area contributed by atoms with Crippen LogP contribution in [-0.2, 0) is 48.9 Å². The Balaban J connectivity index is 1.67. The molecule has 3 saturated heterocycles. The number of oxime groups is 1. The van der Waals surface area contributed by atoms with Gasteiger partial charge in [-0.15, -0.1) is 0 Å². The van der Waals surface area contributed by atoms with E-state index in [2.05, 4.69) is 10.5 Å². The number of hydrogen-bond donors (Lipinski definition) is 3. The molecule has 3 fully saturated rings. The van der Waals surface area contributed by atoms with Crippen molar-refractivity contribution in [1.29, 1.82) is 0 Å². The summed E-state index contributed by atoms with van der Waals surface area (Å²) in [4.78, 5) is 55.1. The Labute approximate surface area is 335 Å². The van der Waals surface area contributed by atoms with E-state index in [1.165, 1.54) is 21.0 Å². The van der Waals surface area contributed by atoms with Crippen LogP contribution in [0.25, 0.3) is 0 Å². The van der Waals surface area contributed by atoms with Crippen molar-refractivity contribution in [2.75, 3.05) is 26.5 Å². The van der Waals surface area contributed by atoms with Crippen LogP contribution in [0.5, 0.6) is 0 Å². The number of nitrogens with one attached hydrogen (secondary N) is 1. The standard InChI is InChI=1S/C39H56F3N3O13/c1-12-25-38(8)32(57-36(50)58-38)19(3)26(44-51)18(2)17-37(7,52-11)31(20(4)28(46)21(5)33(48)54-25)56-34-29(47)27(45(9)10)30(22(6)53-34)55-35(49)43-24-15-13-23(14-16-24)39(40,41)42/h13-16,18-22,25,27,29-32,34,47,51H,12,17H2,1-11H3,(H,43,49)/b44-26+/t18-,19+,20+,21-,22-,25-,27-,29-,30-,31-,32-,34+,37+,38-/m1/s1. The van der Waals surface area contributed by atoms with Gasteiger partial charge in [-0.1, -0.05) is 32.9 Å². The zero-order valence-electron chi connectivity index (χ0n) is 34.6. The number of aliphatic hydroxyl groups is 1. The van der Waals surface area contributed by atoms with Crippen molar-refractivity contribution in [2.45, 2.75) is 135 Å². The maximum Gasteiger partial charge on any atom is 0.509 e. The topological polar surface area (TPSA) is 201 Å². The summed E-state index contributed by atoms with van der Waals surface area (Å²) < 4.78 is 80.7. The number of ether oxygens (including phenoxy) is 7. The fraction of sp³-hybridized carbons (Fsp3) is 0.718. The second kappa shape index (κ2) is 18.1. The van der Waals surface area contributed by atoms with Crippen LogP contribution in [0.3, 0.4) is 0 Å². The first kappa shape index (κ1) is 46.6. The molecule has 4 rings (SSSR count). The molecule has 3 N–H and O–H groups in total. The van der Waals surface area contributed by atoms with Crippen molar-refractivity contribution in [3.8, 4) is 0 Å². The monoisotopic (exact) mass is 831 g/mol. The normalized spacial score (nSPS) is 38.6. The van der Waals surface area contributed by atoms with Crippen molar-refractivity contribution in [1.82, 2.24) is 4.90 Å². The summed E-state index contributed by atoms with van der Waals surface area (Å²) in [5, 5.41) is 28.2. The summed E-state index contributed by atoms with van der Waals surface area (Å²) >= 11 is 0. The van der Waals surface area contributed by atoms with Crippen molar-refractivity contribution in [3.63, 3.8) is 0 Å². The number of benzene rings is 1. The molecule has 58 heavy (non-hydrogen) atoms. The van der Waals surface area contributed by atoms with Gasteiger partial charge in [0.1, 0.15) is 24.2 Å². The van der Waals surface area contributed by atoms with E-state index in [1.807, 2.05) is 0 Å². The lowest BCUT2D eigenvalue weighted by molar-refractivity contribution is -0.312. The van der Waals surface area contributed by atoms with Gasteiger partial charge in [0, 0.05) is 30.6 Å². The van der Waals surface area contributed by atoms with Gasteiger partial charge in [-0.2, -0.15) is 13.2 Å². The van der Waals surface area contributed by atoms with Crippen molar-refractivity contribution in [2.24, 2.45) is 28.8 Å². The molecule has 1 aromatic rings. The molecule has 3 aliphatic heterocycles. The van der Waals surface area contributed by atoms with E-state index in [0.29, 0.717) is 0 Å². The minimum atomic E-state index is -4.57. The number of methoxy groups -OCH3 is 1. The fourth-order valence-electron chi connectivity index (χ4n) is 8.49. The van der Waals surface area contributed by atoms with E-state index < -0.39 is 120 Å². The van der Waals surface area contributed by atoms with E-state index in [4.69, 9.17) is 33.2 Å². The summed E-state index contributed by atoms with van der Waals surface area (Å²) in [6, 6.07) is 2.78. The first-order valence-electron chi connectivity index (χ1n) is 19.1. The molecule has 1 amide bonds. The van der Waals surface area contributed by atoms with Gasteiger partial charge in [0.15, 0.2) is 23.8 Å². The van der Waals surface area contributed by atoms with Gasteiger partial charge in [0.25, 0.3) is 0 Å². The first-order chi connectivity index (χ1) is 26.9. The van der Waals surface area contributed by atoms with Crippen LogP contribution in [0.2, 0.25) is 0 Å². The summed E-state index contributed by atoms with van der Waals surface area (Å²) in [5.74, 6) is -5.39. The molecule has 19 heteroatoms. The number of halogens is 3. The molecule has 0 radical (unpaired) electrons. The molecule has 0 spiro atoms. The molecule has 14 atom stereocenters. The van der Waals surface area contributed by atoms with Crippen LogP contribution < -0.4 is 5.32 Å². The third-order valence-corrected chi connectivity index (χ3v) is 11.7. The minimum absolute atomic E-state index is 0.0323. The second-order valence-electron chi connectivity index (χ2n) is 16.0. The maximum absolute atomic E-state index is 14.3. The van der Waals surface area contributed by atoms with E-state index >= 15 is 0 Å². The Morgan fingerprint density at radius 1 is 1.03 bits per heavy atom. The summed E-state index contributed by atoms with van der Waals surface area (Å²) in [5.41, 5.74) is -3.62. The van der Waals surface area contributed by atoms with Crippen LogP contribution in [-0.4, -0.2) is 126 Å². The number of anilines is 1. The summed E-state index contributed by atoms with van der Waals surface area (Å²) in [7, 11) is 4.62. The molecule has 0 unspecified atom stereocenters. The number of amides is 1. The average molecular weight is 832 g/mol. The second-order valence-corrected chi connectivity index (χ2v) is 16.0. The van der Waals surface area contributed by atoms with Crippen LogP contribution in [0, 0.1) is 23.7 Å². The van der Waals surface area contributed by atoms with E-state index in [9.17, 15) is 42.7 Å². The SMILES string of the molecule is CC[C@H]1OC(=O)[C@H](C)C(=O)[C@H](C)[C@@H](O[C@@H]2O[C@H](C)[C@@H](OC(=O)Nc3ccc(C(F)(F)F)cc3)[C@H](N(C)C)[C@H]2O)[C@@](C)(OC)C[C@@H](C)/C(=N\O)[C@H](C)[C@H]2OC(=O)O[C@@]21C. The molecule has 16 nitrogen and oxygen atoms in total. The lowest BCUT2D eigenvalue weighted by Gasteiger charge is -2.49. The molecule has 0 saturated carbocycles. The van der Waals surface area contributed by atoms with Crippen LogP contribution >= 0.6 is 0 Å². The third-order valence-electron chi connectivity index (χ3n) is 11.7. The number of carbonyl (C=O) groups excluding carboxylic acids is 4. The molecule has 1 aromatic carbocycles. The molecule has 0 aromatic heterocycles. The highest BCUT2D eigenvalue weighted by atomic mass is 19.4. The Bertz CT molecular complexity index is 1680. The number of carbonyl (C=O) groups is 4. The molecule has 326 valence electrons. The van der Waals surface area contributed by atoms with Crippen LogP contribution in [0.15, 0.2) is 29.4 Å². The smallest absolute Gasteiger partial charge is 0.457 e. The Hall–Kier alpha value is -4.04. The number of fused-ring (bicyclic) bond motifs is 1. The number of Topliss-reactive ketones (excluding diaryl/α,β-unsaturated/α-hetero) is 1. The van der Waals surface area contributed by atoms with Gasteiger partial charge in [-0.05, 0) is 78.9 Å². The van der Waals surface area contributed by atoms with Gasteiger partial charge >= 0.3 is 24.4 Å². The molecular weight excluding hydrogens is 775 g/mol. The number of alkyl halides is 3. The van der Waals surface area contributed by atoms with E-state index in [1.54, 1.807) is 60.5 Å². The van der Waals surface area contributed by atoms with E-state index in [-0.39, 0.29) is 24.2 Å². The number of esters is 1. The highest BCUT2D eigenvalue weighted by Gasteiger charge is 2.59. The number of nitrogens with zero attached hydrogens (tertiary/aromatic N) is 2. The van der Waals surface area contributed by atoms with Gasteiger partial charge in [0.2, 0.25) is 0 Å². The number of ketones is 1. The quantitative estimate of drug-likeness (QED) is 0.104. The van der Waals surface area contributed by atoms with Crippen LogP contribution in [0.4, 0.5) is 28.4 Å². The zero-order valence-corrected chi connectivity index (χ0v) is 34.6. The lowest BCUT2D eigenvalue weighted by atomic mass is 9.74. The summed E-state index contributed by atoms with van der Waals surface area (Å²) in [6.45, 7) is 12.8. The first-order valence-corrected chi connectivity index (χ1v) is 19.1. The predicted octanol–water partition coefficient (Wildman–Crippen LogP) is 5.41. The number of hydrogen-bond acceptors (Lipinski definition) is 15. The number of rotatable bonds is 7. The molecule has 0 aliphatic carbocycles. The molecular formula is C39H56F3N3O13. The Morgan fingerprint density at radius 3 is 2.19 bits per heavy atom. The highest BCUT2D eigenvalue weighted by Crippen LogP contribution is 2.42. The minimum Gasteiger partial charge on any atom is -0.457 e. The van der Waals surface area contributed by atoms with Gasteiger partial charge in [-0.3, -0.25) is 14.9 Å². The summed E-state index contributed by atoms with van der Waals surface area (Å²) in [6.07, 6.45) is -14.9. The number of cyclic esters (lactones) is 1. The van der Waals surface area contributed by atoms with Gasteiger partial charge < -0.3 is 48.4 Å². The Kier molecular flexibility index (Phi) is 14.5. The Morgan fingerprint density at radius 2 is 1.66 bits per heavy atom. The maximum atomic E-state index is 14.3. The van der Waals surface area contributed by atoms with Crippen molar-refractivity contribution in [3.05, 3.63) is 29.8 Å². The van der Waals surface area contributed by atoms with Crippen LogP contribution in [0.1, 0.15) is 73.8 Å². The lowest BCUT2D eigenvalue weighted by Crippen LogP contribution is -2.65. The molecule has 3 heterocycles. The zero-order chi connectivity index (χ0) is 43.7. The fourth-order valence-corrected chi connectivity index (χ4v) is 8.49. The predicted molar refractivity (Wildman–Crippen MR) is 199 cm³/mol. The van der Waals surface area contributed by atoms with E-state index in [0.717, 1.165) is 24.3 Å². The van der Waals surface area contributed by atoms with Crippen molar-refractivity contribution < 1.29 is 75.8 Å². The largest absolute Gasteiger partial charge is 0.509 e. The van der Waals surface area contributed by atoms with Gasteiger partial charge in [0.05, 0.1) is 35.1 Å². The van der Waals surface area contributed by atoms with Gasteiger partial charge in [-0.25, -0.2) is 9.59 Å². The molecule has 3 aliphatic rings. The van der Waals surface area contributed by atoms with Crippen molar-refractivity contribution >= 4 is 35.4 Å². The number of aliphatic hydroxyl groups excluding tert-OH is 1.